The monoisotopic (exact) mass is 247 g/mol. The predicted octanol–water partition coefficient (Wildman–Crippen LogP) is 0.154. The number of hydrogen-bond donors (Lipinski definition) is 3. The summed E-state index contributed by atoms with van der Waals surface area (Å²) in [7, 11) is 0. The van der Waals surface area contributed by atoms with Crippen LogP contribution >= 0.6 is 0 Å². The van der Waals surface area contributed by atoms with Crippen molar-refractivity contribution in [2.75, 3.05) is 6.54 Å². The molecule has 0 spiro atoms. The molecule has 4 N–H and O–H groups in total. The summed E-state index contributed by atoms with van der Waals surface area (Å²) in [4.78, 5) is 22.3. The van der Waals surface area contributed by atoms with Crippen LogP contribution in [0.5, 0.6) is 0 Å². The fourth-order valence-corrected chi connectivity index (χ4v) is 2.13. The lowest BCUT2D eigenvalue weighted by atomic mass is 10.1. The van der Waals surface area contributed by atoms with Gasteiger partial charge in [0.05, 0.1) is 0 Å². The van der Waals surface area contributed by atoms with E-state index < -0.39 is 5.91 Å². The second kappa shape index (κ2) is 5.64. The minimum atomic E-state index is -0.415. The number of benzene rings is 1. The standard InChI is InChI=1S/C13H17N3O2/c14-13(18)11-4-2-1-3-9(11)7-15-8-10-5-6-12(17)16-10/h1-4,10,15H,5-8H2,(H2,14,18)(H,16,17). The number of nitrogens with two attached hydrogens (primary N) is 1. The van der Waals surface area contributed by atoms with Gasteiger partial charge in [0.25, 0.3) is 0 Å². The van der Waals surface area contributed by atoms with Crippen LogP contribution in [0.25, 0.3) is 0 Å². The van der Waals surface area contributed by atoms with E-state index in [1.807, 2.05) is 12.1 Å². The van der Waals surface area contributed by atoms with E-state index in [2.05, 4.69) is 10.6 Å². The summed E-state index contributed by atoms with van der Waals surface area (Å²) in [6.45, 7) is 1.28. The molecule has 96 valence electrons. The highest BCUT2D eigenvalue weighted by Crippen LogP contribution is 2.09. The zero-order valence-electron chi connectivity index (χ0n) is 10.1. The molecule has 1 heterocycles. The molecular weight excluding hydrogens is 230 g/mol. The summed E-state index contributed by atoms with van der Waals surface area (Å²) in [6, 6.07) is 7.46. The summed E-state index contributed by atoms with van der Waals surface area (Å²) in [5.74, 6) is -0.305. The van der Waals surface area contributed by atoms with Crippen LogP contribution < -0.4 is 16.4 Å². The van der Waals surface area contributed by atoms with Gasteiger partial charge in [-0.05, 0) is 18.1 Å². The lowest BCUT2D eigenvalue weighted by molar-refractivity contribution is -0.119. The zero-order valence-corrected chi connectivity index (χ0v) is 10.1. The third-order valence-corrected chi connectivity index (χ3v) is 3.07. The van der Waals surface area contributed by atoms with Gasteiger partial charge in [0.15, 0.2) is 0 Å². The number of primary amides is 1. The second-order valence-electron chi connectivity index (χ2n) is 4.46. The molecule has 1 atom stereocenters. The largest absolute Gasteiger partial charge is 0.366 e. The molecular formula is C13H17N3O2. The average Bonchev–Trinajstić information content (AvgIpc) is 2.75. The average molecular weight is 247 g/mol. The van der Waals surface area contributed by atoms with E-state index in [4.69, 9.17) is 5.73 Å². The minimum Gasteiger partial charge on any atom is -0.366 e. The topological polar surface area (TPSA) is 84.2 Å². The van der Waals surface area contributed by atoms with Crippen LogP contribution in [0.3, 0.4) is 0 Å². The van der Waals surface area contributed by atoms with E-state index in [-0.39, 0.29) is 11.9 Å². The molecule has 18 heavy (non-hydrogen) atoms. The number of hydrogen-bond acceptors (Lipinski definition) is 3. The number of carbonyl (C=O) groups excluding carboxylic acids is 2. The molecule has 1 saturated heterocycles. The van der Waals surface area contributed by atoms with Gasteiger partial charge in [-0.1, -0.05) is 18.2 Å². The number of amides is 2. The van der Waals surface area contributed by atoms with Crippen LogP contribution in [0.15, 0.2) is 24.3 Å². The molecule has 0 radical (unpaired) electrons. The molecule has 1 aromatic carbocycles. The highest BCUT2D eigenvalue weighted by molar-refractivity contribution is 5.94. The molecule has 5 heteroatoms. The Morgan fingerprint density at radius 1 is 1.44 bits per heavy atom. The molecule has 1 aliphatic rings. The van der Waals surface area contributed by atoms with Crippen LogP contribution in [-0.2, 0) is 11.3 Å². The summed E-state index contributed by atoms with van der Waals surface area (Å²) in [5.41, 5.74) is 6.73. The summed E-state index contributed by atoms with van der Waals surface area (Å²) < 4.78 is 0. The van der Waals surface area contributed by atoms with E-state index >= 15 is 0 Å². The normalized spacial score (nSPS) is 18.7. The molecule has 2 rings (SSSR count). The molecule has 1 unspecified atom stereocenters. The Labute approximate surface area is 106 Å². The summed E-state index contributed by atoms with van der Waals surface area (Å²) >= 11 is 0. The van der Waals surface area contributed by atoms with Crippen molar-refractivity contribution in [1.82, 2.24) is 10.6 Å². The van der Waals surface area contributed by atoms with Crippen molar-refractivity contribution in [1.29, 1.82) is 0 Å². The first kappa shape index (κ1) is 12.6. The summed E-state index contributed by atoms with van der Waals surface area (Å²) in [6.07, 6.45) is 1.47. The fourth-order valence-electron chi connectivity index (χ4n) is 2.13. The van der Waals surface area contributed by atoms with Crippen molar-refractivity contribution in [3.8, 4) is 0 Å². The van der Waals surface area contributed by atoms with Crippen LogP contribution in [0.4, 0.5) is 0 Å². The summed E-state index contributed by atoms with van der Waals surface area (Å²) in [5, 5.41) is 6.12. The van der Waals surface area contributed by atoms with E-state index in [0.29, 0.717) is 25.1 Å². The molecule has 0 aliphatic carbocycles. The Morgan fingerprint density at radius 2 is 2.22 bits per heavy atom. The SMILES string of the molecule is NC(=O)c1ccccc1CNCC1CCC(=O)N1. The molecule has 5 nitrogen and oxygen atoms in total. The Kier molecular flexibility index (Phi) is 3.94. The molecule has 0 bridgehead atoms. The van der Waals surface area contributed by atoms with Gasteiger partial charge < -0.3 is 16.4 Å². The molecule has 1 fully saturated rings. The van der Waals surface area contributed by atoms with E-state index in [0.717, 1.165) is 12.0 Å². The first-order chi connectivity index (χ1) is 8.66. The smallest absolute Gasteiger partial charge is 0.249 e. The lowest BCUT2D eigenvalue weighted by Crippen LogP contribution is -2.35. The second-order valence-corrected chi connectivity index (χ2v) is 4.46. The number of nitrogens with one attached hydrogen (secondary N) is 2. The first-order valence-electron chi connectivity index (χ1n) is 6.04. The maximum Gasteiger partial charge on any atom is 0.249 e. The maximum absolute atomic E-state index is 11.2. The van der Waals surface area contributed by atoms with Gasteiger partial charge >= 0.3 is 0 Å². The Bertz CT molecular complexity index is 459. The highest BCUT2D eigenvalue weighted by atomic mass is 16.2. The number of rotatable bonds is 5. The van der Waals surface area contributed by atoms with Crippen molar-refractivity contribution < 1.29 is 9.59 Å². The molecule has 0 aromatic heterocycles. The Morgan fingerprint density at radius 3 is 2.89 bits per heavy atom. The highest BCUT2D eigenvalue weighted by Gasteiger charge is 2.19. The van der Waals surface area contributed by atoms with Crippen molar-refractivity contribution >= 4 is 11.8 Å². The lowest BCUT2D eigenvalue weighted by Gasteiger charge is -2.12. The van der Waals surface area contributed by atoms with E-state index in [9.17, 15) is 9.59 Å². The minimum absolute atomic E-state index is 0.110. The van der Waals surface area contributed by atoms with Gasteiger partial charge in [0.2, 0.25) is 11.8 Å². The van der Waals surface area contributed by atoms with Gasteiger partial charge in [-0.25, -0.2) is 0 Å². The Balaban J connectivity index is 1.86. The first-order valence-corrected chi connectivity index (χ1v) is 6.04. The van der Waals surface area contributed by atoms with E-state index in [1.54, 1.807) is 12.1 Å². The predicted molar refractivity (Wildman–Crippen MR) is 67.8 cm³/mol. The van der Waals surface area contributed by atoms with Crippen molar-refractivity contribution in [3.05, 3.63) is 35.4 Å². The van der Waals surface area contributed by atoms with Crippen LogP contribution in [0.2, 0.25) is 0 Å². The van der Waals surface area contributed by atoms with Gasteiger partial charge in [0, 0.05) is 31.1 Å². The van der Waals surface area contributed by atoms with Crippen molar-refractivity contribution in [3.63, 3.8) is 0 Å². The molecule has 0 saturated carbocycles. The van der Waals surface area contributed by atoms with Crippen molar-refractivity contribution in [2.24, 2.45) is 5.73 Å². The zero-order chi connectivity index (χ0) is 13.0. The van der Waals surface area contributed by atoms with Crippen molar-refractivity contribution in [2.45, 2.75) is 25.4 Å². The van der Waals surface area contributed by atoms with E-state index in [1.165, 1.54) is 0 Å². The molecule has 2 amide bonds. The maximum atomic E-state index is 11.2. The Hall–Kier alpha value is -1.88. The molecule has 1 aromatic rings. The van der Waals surface area contributed by atoms with Gasteiger partial charge in [-0.2, -0.15) is 0 Å². The third kappa shape index (κ3) is 3.07. The third-order valence-electron chi connectivity index (χ3n) is 3.07. The quantitative estimate of drug-likeness (QED) is 0.692. The van der Waals surface area contributed by atoms with Gasteiger partial charge in [-0.3, -0.25) is 9.59 Å². The fraction of sp³-hybridized carbons (Fsp3) is 0.385. The van der Waals surface area contributed by atoms with Crippen LogP contribution in [0, 0.1) is 0 Å². The molecule has 1 aliphatic heterocycles. The van der Waals surface area contributed by atoms with Crippen LogP contribution in [0.1, 0.15) is 28.8 Å². The number of carbonyl (C=O) groups is 2. The van der Waals surface area contributed by atoms with Gasteiger partial charge in [0.1, 0.15) is 0 Å². The van der Waals surface area contributed by atoms with Gasteiger partial charge in [-0.15, -0.1) is 0 Å². The van der Waals surface area contributed by atoms with Crippen LogP contribution in [-0.4, -0.2) is 24.4 Å².